The lowest BCUT2D eigenvalue weighted by molar-refractivity contribution is 0.100. The van der Waals surface area contributed by atoms with E-state index in [1.165, 1.54) is 17.5 Å². The van der Waals surface area contributed by atoms with Crippen LogP contribution in [0.2, 0.25) is 0 Å². The minimum atomic E-state index is 0.0412. The molecule has 0 spiro atoms. The third kappa shape index (κ3) is 2.34. The number of carbonyl (C=O) groups is 1. The molecule has 1 aromatic carbocycles. The van der Waals surface area contributed by atoms with Gasteiger partial charge in [-0.25, -0.2) is 0 Å². The second-order valence-electron chi connectivity index (χ2n) is 7.11. The monoisotopic (exact) mass is 259 g/mol. The molecule has 104 valence electrons. The van der Waals surface area contributed by atoms with E-state index >= 15 is 0 Å². The number of nitrogens with two attached hydrogens (primary N) is 1. The summed E-state index contributed by atoms with van der Waals surface area (Å²) in [7, 11) is 0. The number of ketones is 1. The molecule has 1 aliphatic rings. The van der Waals surface area contributed by atoms with Gasteiger partial charge in [-0.15, -0.1) is 0 Å². The van der Waals surface area contributed by atoms with Crippen LogP contribution in [0.1, 0.15) is 67.6 Å². The molecular formula is C17H25NO. The van der Waals surface area contributed by atoms with Crippen molar-refractivity contribution >= 4 is 5.78 Å². The minimum Gasteiger partial charge on any atom is -0.324 e. The van der Waals surface area contributed by atoms with E-state index in [9.17, 15) is 4.79 Å². The van der Waals surface area contributed by atoms with Gasteiger partial charge in [0.1, 0.15) is 0 Å². The molecule has 19 heavy (non-hydrogen) atoms. The molecule has 1 aliphatic carbocycles. The molecule has 0 saturated heterocycles. The van der Waals surface area contributed by atoms with Gasteiger partial charge in [-0.2, -0.15) is 0 Å². The number of aryl methyl sites for hydroxylation is 1. The van der Waals surface area contributed by atoms with Crippen LogP contribution in [-0.2, 0) is 10.8 Å². The maximum atomic E-state index is 12.0. The predicted molar refractivity (Wildman–Crippen MR) is 79.8 cm³/mol. The van der Waals surface area contributed by atoms with Gasteiger partial charge in [-0.3, -0.25) is 4.79 Å². The first kappa shape index (κ1) is 14.3. The van der Waals surface area contributed by atoms with E-state index in [2.05, 4.69) is 39.8 Å². The molecule has 0 saturated carbocycles. The van der Waals surface area contributed by atoms with E-state index in [1.54, 1.807) is 0 Å². The van der Waals surface area contributed by atoms with Crippen LogP contribution in [-0.4, -0.2) is 12.3 Å². The zero-order chi connectivity index (χ0) is 14.4. The highest BCUT2D eigenvalue weighted by atomic mass is 16.1. The fraction of sp³-hybridized carbons (Fsp3) is 0.588. The van der Waals surface area contributed by atoms with Gasteiger partial charge in [0.15, 0.2) is 5.78 Å². The largest absolute Gasteiger partial charge is 0.324 e. The average molecular weight is 259 g/mol. The summed E-state index contributed by atoms with van der Waals surface area (Å²) in [5.41, 5.74) is 10.4. The molecule has 0 bridgehead atoms. The zero-order valence-corrected chi connectivity index (χ0v) is 12.8. The highest BCUT2D eigenvalue weighted by molar-refractivity contribution is 5.99. The molecule has 0 aliphatic heterocycles. The summed E-state index contributed by atoms with van der Waals surface area (Å²) in [6, 6.07) is 4.31. The molecule has 0 amide bonds. The number of hydrogen-bond acceptors (Lipinski definition) is 2. The Bertz CT molecular complexity index is 526. The molecule has 0 aromatic heterocycles. The Morgan fingerprint density at radius 1 is 1.11 bits per heavy atom. The molecule has 1 aromatic rings. The molecule has 0 fully saturated rings. The summed E-state index contributed by atoms with van der Waals surface area (Å²) in [5.74, 6) is 0.0412. The van der Waals surface area contributed by atoms with Crippen LogP contribution in [0.4, 0.5) is 0 Å². The molecule has 2 heteroatoms. The molecule has 2 rings (SSSR count). The Labute approximate surface area is 116 Å². The van der Waals surface area contributed by atoms with Gasteiger partial charge >= 0.3 is 0 Å². The van der Waals surface area contributed by atoms with Crippen LogP contribution in [0.5, 0.6) is 0 Å². The number of hydrogen-bond donors (Lipinski definition) is 1. The summed E-state index contributed by atoms with van der Waals surface area (Å²) < 4.78 is 0. The number of benzene rings is 1. The first-order chi connectivity index (χ1) is 8.69. The van der Waals surface area contributed by atoms with Crippen molar-refractivity contribution in [2.45, 2.75) is 58.3 Å². The van der Waals surface area contributed by atoms with Gasteiger partial charge in [0, 0.05) is 5.56 Å². The second-order valence-corrected chi connectivity index (χ2v) is 7.11. The van der Waals surface area contributed by atoms with Crippen LogP contribution in [0.3, 0.4) is 0 Å². The van der Waals surface area contributed by atoms with Crippen LogP contribution < -0.4 is 5.73 Å². The number of rotatable bonds is 2. The molecule has 2 nitrogen and oxygen atoms in total. The SMILES string of the molecule is Cc1cc2c(cc1C(=O)CN)C(C)(C)CCC2(C)C. The number of carbonyl (C=O) groups excluding carboxylic acids is 1. The minimum absolute atomic E-state index is 0.0412. The van der Waals surface area contributed by atoms with Gasteiger partial charge in [0.2, 0.25) is 0 Å². The van der Waals surface area contributed by atoms with Crippen molar-refractivity contribution in [2.24, 2.45) is 5.73 Å². The van der Waals surface area contributed by atoms with Crippen LogP contribution >= 0.6 is 0 Å². The van der Waals surface area contributed by atoms with Crippen molar-refractivity contribution in [3.63, 3.8) is 0 Å². The molecule has 0 heterocycles. The lowest BCUT2D eigenvalue weighted by atomic mass is 9.62. The van der Waals surface area contributed by atoms with Gasteiger partial charge in [-0.05, 0) is 53.4 Å². The highest BCUT2D eigenvalue weighted by Gasteiger charge is 2.37. The van der Waals surface area contributed by atoms with Gasteiger partial charge in [0.25, 0.3) is 0 Å². The average Bonchev–Trinajstić information content (AvgIpc) is 2.34. The van der Waals surface area contributed by atoms with Crippen LogP contribution in [0.15, 0.2) is 12.1 Å². The Hall–Kier alpha value is -1.15. The van der Waals surface area contributed by atoms with Crippen molar-refractivity contribution in [1.29, 1.82) is 0 Å². The van der Waals surface area contributed by atoms with Crippen LogP contribution in [0, 0.1) is 6.92 Å². The van der Waals surface area contributed by atoms with E-state index in [1.807, 2.05) is 6.92 Å². The fourth-order valence-electron chi connectivity index (χ4n) is 3.13. The number of fused-ring (bicyclic) bond motifs is 1. The van der Waals surface area contributed by atoms with Gasteiger partial charge in [-0.1, -0.05) is 33.8 Å². The summed E-state index contributed by atoms with van der Waals surface area (Å²) in [4.78, 5) is 12.0. The van der Waals surface area contributed by atoms with Crippen molar-refractivity contribution in [3.8, 4) is 0 Å². The Kier molecular flexibility index (Phi) is 3.34. The maximum absolute atomic E-state index is 12.0. The Morgan fingerprint density at radius 3 is 2.05 bits per heavy atom. The third-order valence-electron chi connectivity index (χ3n) is 4.68. The van der Waals surface area contributed by atoms with Crippen molar-refractivity contribution in [1.82, 2.24) is 0 Å². The molecular weight excluding hydrogens is 234 g/mol. The van der Waals surface area contributed by atoms with Crippen molar-refractivity contribution in [2.75, 3.05) is 6.54 Å². The fourth-order valence-corrected chi connectivity index (χ4v) is 3.13. The molecule has 0 atom stereocenters. The van der Waals surface area contributed by atoms with Gasteiger partial charge < -0.3 is 5.73 Å². The summed E-state index contributed by atoms with van der Waals surface area (Å²) in [6.45, 7) is 11.2. The van der Waals surface area contributed by atoms with E-state index in [0.29, 0.717) is 0 Å². The lowest BCUT2D eigenvalue weighted by Crippen LogP contribution is -2.34. The van der Waals surface area contributed by atoms with Crippen LogP contribution in [0.25, 0.3) is 0 Å². The molecule has 0 radical (unpaired) electrons. The second kappa shape index (κ2) is 4.45. The first-order valence-corrected chi connectivity index (χ1v) is 7.08. The molecule has 0 unspecified atom stereocenters. The summed E-state index contributed by atoms with van der Waals surface area (Å²) >= 11 is 0. The highest BCUT2D eigenvalue weighted by Crippen LogP contribution is 2.46. The topological polar surface area (TPSA) is 43.1 Å². The first-order valence-electron chi connectivity index (χ1n) is 7.08. The van der Waals surface area contributed by atoms with Gasteiger partial charge in [0.05, 0.1) is 6.54 Å². The molecule has 2 N–H and O–H groups in total. The van der Waals surface area contributed by atoms with Crippen molar-refractivity contribution < 1.29 is 4.79 Å². The lowest BCUT2D eigenvalue weighted by Gasteiger charge is -2.42. The van der Waals surface area contributed by atoms with E-state index in [4.69, 9.17) is 5.73 Å². The smallest absolute Gasteiger partial charge is 0.176 e. The summed E-state index contributed by atoms with van der Waals surface area (Å²) in [6.07, 6.45) is 2.35. The van der Waals surface area contributed by atoms with E-state index in [-0.39, 0.29) is 23.2 Å². The van der Waals surface area contributed by atoms with E-state index < -0.39 is 0 Å². The third-order valence-corrected chi connectivity index (χ3v) is 4.68. The predicted octanol–water partition coefficient (Wildman–Crippen LogP) is 3.49. The maximum Gasteiger partial charge on any atom is 0.176 e. The standard InChI is InChI=1S/C17H25NO/c1-11-8-13-14(9-12(11)15(19)10-18)17(4,5)7-6-16(13,2)3/h8-9H,6-7,10,18H2,1-5H3. The van der Waals surface area contributed by atoms with E-state index in [0.717, 1.165) is 17.5 Å². The quantitative estimate of drug-likeness (QED) is 0.826. The van der Waals surface area contributed by atoms with Crippen molar-refractivity contribution in [3.05, 3.63) is 34.4 Å². The zero-order valence-electron chi connectivity index (χ0n) is 12.8. The Morgan fingerprint density at radius 2 is 1.58 bits per heavy atom. The number of Topliss-reactive ketones (excluding diaryl/α,β-unsaturated/α-hetero) is 1. The summed E-state index contributed by atoms with van der Waals surface area (Å²) in [5, 5.41) is 0. The normalized spacial score (nSPS) is 19.9. The Balaban J connectivity index is 2.68.